The quantitative estimate of drug-likeness (QED) is 0.248. The lowest BCUT2D eigenvalue weighted by Crippen LogP contribution is -2.32. The minimum atomic E-state index is -1.09. The SMILES string of the molecule is CCOc1ccc(NC(=O)COc2ccccc2/C=N\NC(=O)C(=O)Nc2ccccc2F)cc1. The minimum Gasteiger partial charge on any atom is -0.494 e. The number of carbonyl (C=O) groups excluding carboxylic acids is 3. The number of halogens is 1. The summed E-state index contributed by atoms with van der Waals surface area (Å²) in [5, 5.41) is 8.60. The van der Waals surface area contributed by atoms with Crippen LogP contribution in [0.3, 0.4) is 0 Å². The molecule has 0 saturated heterocycles. The number of hydrogen-bond donors (Lipinski definition) is 3. The van der Waals surface area contributed by atoms with Gasteiger partial charge in [0.1, 0.15) is 17.3 Å². The van der Waals surface area contributed by atoms with Gasteiger partial charge in [0.2, 0.25) is 0 Å². The molecule has 0 heterocycles. The molecule has 0 bridgehead atoms. The first kappa shape index (κ1) is 24.9. The zero-order chi connectivity index (χ0) is 25.0. The number of carbonyl (C=O) groups is 3. The lowest BCUT2D eigenvalue weighted by Gasteiger charge is -2.10. The third-order valence-corrected chi connectivity index (χ3v) is 4.42. The van der Waals surface area contributed by atoms with Gasteiger partial charge in [-0.2, -0.15) is 5.10 Å². The number of ether oxygens (including phenoxy) is 2. The van der Waals surface area contributed by atoms with Gasteiger partial charge in [0.15, 0.2) is 6.61 Å². The second kappa shape index (κ2) is 12.5. The van der Waals surface area contributed by atoms with Gasteiger partial charge >= 0.3 is 11.8 Å². The van der Waals surface area contributed by atoms with Crippen LogP contribution in [0.1, 0.15) is 12.5 Å². The normalized spacial score (nSPS) is 10.5. The van der Waals surface area contributed by atoms with Gasteiger partial charge in [-0.05, 0) is 55.5 Å². The summed E-state index contributed by atoms with van der Waals surface area (Å²) in [6.07, 6.45) is 1.26. The molecule has 0 spiro atoms. The van der Waals surface area contributed by atoms with Crippen molar-refractivity contribution in [1.29, 1.82) is 0 Å². The highest BCUT2D eigenvalue weighted by molar-refractivity contribution is 6.39. The van der Waals surface area contributed by atoms with Crippen molar-refractivity contribution in [3.8, 4) is 11.5 Å². The van der Waals surface area contributed by atoms with E-state index in [1.54, 1.807) is 48.5 Å². The first-order valence-corrected chi connectivity index (χ1v) is 10.6. The second-order valence-corrected chi connectivity index (χ2v) is 6.97. The number of benzene rings is 3. The maximum Gasteiger partial charge on any atom is 0.329 e. The van der Waals surface area contributed by atoms with Crippen molar-refractivity contribution < 1.29 is 28.2 Å². The van der Waals surface area contributed by atoms with Gasteiger partial charge < -0.3 is 20.1 Å². The van der Waals surface area contributed by atoms with Crippen molar-refractivity contribution in [3.05, 3.63) is 84.2 Å². The fourth-order valence-corrected chi connectivity index (χ4v) is 2.81. The highest BCUT2D eigenvalue weighted by Gasteiger charge is 2.15. The summed E-state index contributed by atoms with van der Waals surface area (Å²) in [6.45, 7) is 2.16. The van der Waals surface area contributed by atoms with Crippen LogP contribution in [0.4, 0.5) is 15.8 Å². The summed E-state index contributed by atoms with van der Waals surface area (Å²) in [7, 11) is 0. The smallest absolute Gasteiger partial charge is 0.329 e. The third kappa shape index (κ3) is 7.67. The second-order valence-electron chi connectivity index (χ2n) is 6.97. The highest BCUT2D eigenvalue weighted by atomic mass is 19.1. The van der Waals surface area contributed by atoms with E-state index < -0.39 is 17.6 Å². The Bertz CT molecular complexity index is 1210. The standard InChI is InChI=1S/C25H23FN4O5/c1-2-34-19-13-11-18(12-14-19)28-23(31)16-35-22-10-6-3-7-17(22)15-27-30-25(33)24(32)29-21-9-5-4-8-20(21)26/h3-15H,2,16H2,1H3,(H,28,31)(H,29,32)(H,30,33)/b27-15-. The monoisotopic (exact) mass is 478 g/mol. The summed E-state index contributed by atoms with van der Waals surface area (Å²) in [6, 6.07) is 19.1. The molecule has 9 nitrogen and oxygen atoms in total. The van der Waals surface area contributed by atoms with Crippen LogP contribution in [0.5, 0.6) is 11.5 Å². The summed E-state index contributed by atoms with van der Waals surface area (Å²) in [5.41, 5.74) is 2.98. The lowest BCUT2D eigenvalue weighted by atomic mass is 10.2. The molecule has 3 N–H and O–H groups in total. The van der Waals surface area contributed by atoms with E-state index in [9.17, 15) is 18.8 Å². The first-order valence-electron chi connectivity index (χ1n) is 10.6. The number of rotatable bonds is 9. The van der Waals surface area contributed by atoms with E-state index in [-0.39, 0.29) is 18.2 Å². The van der Waals surface area contributed by atoms with Crippen molar-refractivity contribution in [2.24, 2.45) is 5.10 Å². The van der Waals surface area contributed by atoms with Crippen LogP contribution in [0.15, 0.2) is 77.9 Å². The average Bonchev–Trinajstić information content (AvgIpc) is 2.86. The van der Waals surface area contributed by atoms with Crippen molar-refractivity contribution in [2.45, 2.75) is 6.92 Å². The topological polar surface area (TPSA) is 118 Å². The maximum absolute atomic E-state index is 13.6. The minimum absolute atomic E-state index is 0.126. The Morgan fingerprint density at radius 2 is 1.60 bits per heavy atom. The zero-order valence-electron chi connectivity index (χ0n) is 18.8. The molecule has 0 aromatic heterocycles. The molecular formula is C25H23FN4O5. The van der Waals surface area contributed by atoms with Gasteiger partial charge in [-0.1, -0.05) is 24.3 Å². The molecular weight excluding hydrogens is 455 g/mol. The highest BCUT2D eigenvalue weighted by Crippen LogP contribution is 2.17. The molecule has 3 rings (SSSR count). The van der Waals surface area contributed by atoms with Crippen LogP contribution in [0.2, 0.25) is 0 Å². The van der Waals surface area contributed by atoms with Crippen molar-refractivity contribution in [3.63, 3.8) is 0 Å². The Morgan fingerprint density at radius 1 is 0.886 bits per heavy atom. The number of hydrogen-bond acceptors (Lipinski definition) is 6. The molecule has 180 valence electrons. The van der Waals surface area contributed by atoms with E-state index in [0.717, 1.165) is 6.07 Å². The Labute approximate surface area is 200 Å². The van der Waals surface area contributed by atoms with Crippen LogP contribution >= 0.6 is 0 Å². The summed E-state index contributed by atoms with van der Waals surface area (Å²) in [4.78, 5) is 36.1. The van der Waals surface area contributed by atoms with E-state index in [1.807, 2.05) is 6.92 Å². The molecule has 3 aromatic rings. The molecule has 0 fully saturated rings. The molecule has 0 aliphatic heterocycles. The molecule has 35 heavy (non-hydrogen) atoms. The molecule has 0 radical (unpaired) electrons. The predicted octanol–water partition coefficient (Wildman–Crippen LogP) is 3.33. The van der Waals surface area contributed by atoms with Crippen molar-refractivity contribution >= 4 is 35.3 Å². The third-order valence-electron chi connectivity index (χ3n) is 4.42. The van der Waals surface area contributed by atoms with Crippen LogP contribution in [0, 0.1) is 5.82 Å². The van der Waals surface area contributed by atoms with Gasteiger partial charge in [-0.15, -0.1) is 0 Å². The summed E-state index contributed by atoms with van der Waals surface area (Å²) >= 11 is 0. The van der Waals surface area contributed by atoms with Crippen LogP contribution in [0.25, 0.3) is 0 Å². The number of anilines is 2. The molecule has 3 aromatic carbocycles. The molecule has 0 unspecified atom stereocenters. The fourth-order valence-electron chi connectivity index (χ4n) is 2.81. The number of para-hydroxylation sites is 2. The number of nitrogens with zero attached hydrogens (tertiary/aromatic N) is 1. The van der Waals surface area contributed by atoms with Crippen LogP contribution in [-0.4, -0.2) is 37.1 Å². The lowest BCUT2D eigenvalue weighted by molar-refractivity contribution is -0.136. The van der Waals surface area contributed by atoms with Crippen LogP contribution < -0.4 is 25.5 Å². The summed E-state index contributed by atoms with van der Waals surface area (Å²) in [5.74, 6) is -2.18. The van der Waals surface area contributed by atoms with E-state index in [1.165, 1.54) is 24.4 Å². The van der Waals surface area contributed by atoms with E-state index in [4.69, 9.17) is 9.47 Å². The van der Waals surface area contributed by atoms with Gasteiger partial charge in [0.25, 0.3) is 5.91 Å². The van der Waals surface area contributed by atoms with E-state index in [2.05, 4.69) is 21.2 Å². The molecule has 3 amide bonds. The Hall–Kier alpha value is -4.73. The fraction of sp³-hybridized carbons (Fsp3) is 0.120. The molecule has 0 aliphatic carbocycles. The maximum atomic E-state index is 13.6. The van der Waals surface area contributed by atoms with Crippen LogP contribution in [-0.2, 0) is 14.4 Å². The Morgan fingerprint density at radius 3 is 2.34 bits per heavy atom. The van der Waals surface area contributed by atoms with Gasteiger partial charge in [-0.3, -0.25) is 14.4 Å². The van der Waals surface area contributed by atoms with E-state index >= 15 is 0 Å². The largest absolute Gasteiger partial charge is 0.494 e. The average molecular weight is 478 g/mol. The van der Waals surface area contributed by atoms with Gasteiger partial charge in [0, 0.05) is 11.3 Å². The molecule has 0 atom stereocenters. The number of hydrazone groups is 1. The molecule has 10 heteroatoms. The number of amides is 3. The Kier molecular flexibility index (Phi) is 8.89. The summed E-state index contributed by atoms with van der Waals surface area (Å²) < 4.78 is 24.5. The van der Waals surface area contributed by atoms with E-state index in [0.29, 0.717) is 29.4 Å². The zero-order valence-corrected chi connectivity index (χ0v) is 18.8. The van der Waals surface area contributed by atoms with Gasteiger partial charge in [-0.25, -0.2) is 9.82 Å². The van der Waals surface area contributed by atoms with Gasteiger partial charge in [0.05, 0.1) is 18.5 Å². The molecule has 0 aliphatic rings. The Balaban J connectivity index is 1.51. The van der Waals surface area contributed by atoms with Crippen molar-refractivity contribution in [1.82, 2.24) is 5.43 Å². The number of nitrogens with one attached hydrogen (secondary N) is 3. The first-order chi connectivity index (χ1) is 17.0. The van der Waals surface area contributed by atoms with Crippen molar-refractivity contribution in [2.75, 3.05) is 23.8 Å². The predicted molar refractivity (Wildman–Crippen MR) is 129 cm³/mol. The molecule has 0 saturated carbocycles.